The Hall–Kier alpha value is -1.75. The second-order valence-electron chi connectivity index (χ2n) is 5.99. The molecule has 1 aromatic carbocycles. The van der Waals surface area contributed by atoms with E-state index < -0.39 is 0 Å². The normalized spacial score (nSPS) is 22.8. The van der Waals surface area contributed by atoms with Gasteiger partial charge in [0.25, 0.3) is 0 Å². The van der Waals surface area contributed by atoms with Crippen LogP contribution < -0.4 is 0 Å². The zero-order valence-electron chi connectivity index (χ0n) is 11.8. The Balaban J connectivity index is 1.48. The van der Waals surface area contributed by atoms with Crippen LogP contribution in [0.1, 0.15) is 55.0 Å². The summed E-state index contributed by atoms with van der Waals surface area (Å²) in [4.78, 5) is 2.34. The lowest BCUT2D eigenvalue weighted by Gasteiger charge is -2.23. The fourth-order valence-electron chi connectivity index (χ4n) is 3.08. The van der Waals surface area contributed by atoms with Gasteiger partial charge in [0.2, 0.25) is 11.8 Å². The summed E-state index contributed by atoms with van der Waals surface area (Å²) in [5, 5.41) is 8.30. The van der Waals surface area contributed by atoms with Gasteiger partial charge in [0.1, 0.15) is 5.82 Å². The molecule has 1 saturated heterocycles. The van der Waals surface area contributed by atoms with Gasteiger partial charge < -0.3 is 4.42 Å². The van der Waals surface area contributed by atoms with Crippen molar-refractivity contribution in [3.63, 3.8) is 0 Å². The molecule has 0 radical (unpaired) electrons. The highest BCUT2D eigenvalue weighted by molar-refractivity contribution is 5.21. The zero-order valence-corrected chi connectivity index (χ0v) is 11.8. The van der Waals surface area contributed by atoms with Crippen LogP contribution in [0, 0.1) is 5.82 Å². The molecule has 1 atom stereocenters. The molecule has 1 aliphatic heterocycles. The molecular formula is C16H18FN3O. The van der Waals surface area contributed by atoms with E-state index in [9.17, 15) is 4.39 Å². The first-order chi connectivity index (χ1) is 10.3. The van der Waals surface area contributed by atoms with Gasteiger partial charge >= 0.3 is 0 Å². The summed E-state index contributed by atoms with van der Waals surface area (Å²) >= 11 is 0. The maximum Gasteiger partial charge on any atom is 0.230 e. The number of hydrogen-bond donors (Lipinski definition) is 0. The molecule has 0 amide bonds. The number of halogens is 1. The van der Waals surface area contributed by atoms with Crippen molar-refractivity contribution in [2.45, 2.75) is 44.2 Å². The van der Waals surface area contributed by atoms with E-state index in [1.54, 1.807) is 0 Å². The average molecular weight is 287 g/mol. The van der Waals surface area contributed by atoms with Crippen LogP contribution in [0.2, 0.25) is 0 Å². The van der Waals surface area contributed by atoms with Gasteiger partial charge in [0.15, 0.2) is 0 Å². The van der Waals surface area contributed by atoms with Gasteiger partial charge in [0, 0.05) is 12.0 Å². The molecule has 1 aliphatic carbocycles. The lowest BCUT2D eigenvalue weighted by Crippen LogP contribution is -2.23. The molecule has 2 heterocycles. The molecule has 4 nitrogen and oxygen atoms in total. The quantitative estimate of drug-likeness (QED) is 0.864. The second-order valence-corrected chi connectivity index (χ2v) is 5.99. The standard InChI is InChI=1S/C16H18FN3O/c17-13-7-5-11(6-8-13)14-2-1-9-20(14)10-15-18-19-16(21-15)12-3-4-12/h5-8,12,14H,1-4,9-10H2. The third-order valence-corrected chi connectivity index (χ3v) is 4.37. The fraction of sp³-hybridized carbons (Fsp3) is 0.500. The molecule has 1 saturated carbocycles. The first-order valence-corrected chi connectivity index (χ1v) is 7.61. The van der Waals surface area contributed by atoms with E-state index >= 15 is 0 Å². The smallest absolute Gasteiger partial charge is 0.230 e. The molecule has 0 bridgehead atoms. The van der Waals surface area contributed by atoms with Crippen LogP contribution in [0.25, 0.3) is 0 Å². The Morgan fingerprint density at radius 2 is 1.95 bits per heavy atom. The first-order valence-electron chi connectivity index (χ1n) is 7.61. The molecule has 1 aromatic heterocycles. The van der Waals surface area contributed by atoms with Crippen molar-refractivity contribution in [2.24, 2.45) is 0 Å². The molecule has 2 aromatic rings. The minimum absolute atomic E-state index is 0.186. The minimum Gasteiger partial charge on any atom is -0.424 e. The lowest BCUT2D eigenvalue weighted by molar-refractivity contribution is 0.221. The van der Waals surface area contributed by atoms with E-state index in [1.807, 2.05) is 12.1 Å². The Bertz CT molecular complexity index is 621. The van der Waals surface area contributed by atoms with Gasteiger partial charge in [-0.05, 0) is 49.9 Å². The summed E-state index contributed by atoms with van der Waals surface area (Å²) in [6.45, 7) is 1.70. The number of likely N-dealkylation sites (tertiary alicyclic amines) is 1. The maximum absolute atomic E-state index is 13.1. The first kappa shape index (κ1) is 13.0. The highest BCUT2D eigenvalue weighted by atomic mass is 19.1. The number of rotatable bonds is 4. The number of benzene rings is 1. The summed E-state index contributed by atoms with van der Waals surface area (Å²) < 4.78 is 18.8. The van der Waals surface area contributed by atoms with E-state index in [2.05, 4.69) is 15.1 Å². The van der Waals surface area contributed by atoms with E-state index in [1.165, 1.54) is 25.0 Å². The van der Waals surface area contributed by atoms with Gasteiger partial charge in [0.05, 0.1) is 6.54 Å². The van der Waals surface area contributed by atoms with Crippen LogP contribution in [-0.4, -0.2) is 21.6 Å². The van der Waals surface area contributed by atoms with Crippen LogP contribution in [0.4, 0.5) is 4.39 Å². The van der Waals surface area contributed by atoms with Crippen LogP contribution >= 0.6 is 0 Å². The highest BCUT2D eigenvalue weighted by Crippen LogP contribution is 2.39. The third-order valence-electron chi connectivity index (χ3n) is 4.37. The summed E-state index contributed by atoms with van der Waals surface area (Å²) in [6.07, 6.45) is 4.58. The van der Waals surface area contributed by atoms with Gasteiger partial charge in [-0.1, -0.05) is 12.1 Å². The number of nitrogens with zero attached hydrogens (tertiary/aromatic N) is 3. The monoisotopic (exact) mass is 287 g/mol. The topological polar surface area (TPSA) is 42.2 Å². The highest BCUT2D eigenvalue weighted by Gasteiger charge is 2.31. The molecule has 2 aliphatic rings. The van der Waals surface area contributed by atoms with Crippen molar-refractivity contribution in [3.05, 3.63) is 47.4 Å². The zero-order chi connectivity index (χ0) is 14.2. The SMILES string of the molecule is Fc1ccc(C2CCCN2Cc2nnc(C3CC3)o2)cc1. The molecule has 110 valence electrons. The molecule has 5 heteroatoms. The predicted octanol–water partition coefficient (Wildman–Crippen LogP) is 3.42. The van der Waals surface area contributed by atoms with Gasteiger partial charge in [-0.2, -0.15) is 0 Å². The van der Waals surface area contributed by atoms with E-state index in [0.717, 1.165) is 30.8 Å². The summed E-state index contributed by atoms with van der Waals surface area (Å²) in [5.74, 6) is 1.81. The van der Waals surface area contributed by atoms with Crippen molar-refractivity contribution in [1.82, 2.24) is 15.1 Å². The van der Waals surface area contributed by atoms with Crippen LogP contribution in [-0.2, 0) is 6.54 Å². The molecule has 21 heavy (non-hydrogen) atoms. The van der Waals surface area contributed by atoms with E-state index in [0.29, 0.717) is 24.4 Å². The lowest BCUT2D eigenvalue weighted by atomic mass is 10.0. The average Bonchev–Trinajstić information content (AvgIpc) is 3.07. The van der Waals surface area contributed by atoms with Gasteiger partial charge in [-0.25, -0.2) is 4.39 Å². The summed E-state index contributed by atoms with van der Waals surface area (Å²) in [7, 11) is 0. The van der Waals surface area contributed by atoms with Crippen molar-refractivity contribution in [3.8, 4) is 0 Å². The third kappa shape index (κ3) is 2.70. The van der Waals surface area contributed by atoms with E-state index in [4.69, 9.17) is 4.42 Å². The Morgan fingerprint density at radius 3 is 2.71 bits per heavy atom. The number of aromatic nitrogens is 2. The van der Waals surface area contributed by atoms with Crippen LogP contribution in [0.15, 0.2) is 28.7 Å². The largest absolute Gasteiger partial charge is 0.424 e. The Kier molecular flexibility index (Phi) is 3.22. The van der Waals surface area contributed by atoms with Gasteiger partial charge in [-0.3, -0.25) is 4.90 Å². The van der Waals surface area contributed by atoms with Crippen LogP contribution in [0.5, 0.6) is 0 Å². The molecule has 1 unspecified atom stereocenters. The van der Waals surface area contributed by atoms with Crippen LogP contribution in [0.3, 0.4) is 0 Å². The Labute approximate surface area is 123 Å². The van der Waals surface area contributed by atoms with Crippen molar-refractivity contribution in [1.29, 1.82) is 0 Å². The van der Waals surface area contributed by atoms with Gasteiger partial charge in [-0.15, -0.1) is 10.2 Å². The summed E-state index contributed by atoms with van der Waals surface area (Å²) in [6, 6.07) is 7.14. The molecule has 2 fully saturated rings. The van der Waals surface area contributed by atoms with Crippen molar-refractivity contribution < 1.29 is 8.81 Å². The molecular weight excluding hydrogens is 269 g/mol. The predicted molar refractivity (Wildman–Crippen MR) is 75.1 cm³/mol. The fourth-order valence-corrected chi connectivity index (χ4v) is 3.08. The molecule has 0 N–H and O–H groups in total. The molecule has 0 spiro atoms. The van der Waals surface area contributed by atoms with Crippen molar-refractivity contribution >= 4 is 0 Å². The Morgan fingerprint density at radius 1 is 1.14 bits per heavy atom. The van der Waals surface area contributed by atoms with Crippen molar-refractivity contribution in [2.75, 3.05) is 6.54 Å². The molecule has 4 rings (SSSR count). The summed E-state index contributed by atoms with van der Waals surface area (Å²) in [5.41, 5.74) is 1.16. The minimum atomic E-state index is -0.186. The maximum atomic E-state index is 13.1. The number of hydrogen-bond acceptors (Lipinski definition) is 4. The van der Waals surface area contributed by atoms with E-state index in [-0.39, 0.29) is 5.82 Å². The second kappa shape index (κ2) is 5.22.